The van der Waals surface area contributed by atoms with Crippen molar-refractivity contribution in [2.45, 2.75) is 38.3 Å². The van der Waals surface area contributed by atoms with E-state index in [1.165, 1.54) is 35.5 Å². The summed E-state index contributed by atoms with van der Waals surface area (Å²) in [4.78, 5) is 35.3. The molecular weight excluding hydrogens is 463 g/mol. The lowest BCUT2D eigenvalue weighted by atomic mass is 10.0. The fourth-order valence-corrected chi connectivity index (χ4v) is 3.69. The standard InChI is InChI=1S/C27H25FN4O4/c1-27(2,35)12-10-17-4-5-18-6-8-21(26(34)32(3)23(18)14-17)31-25(33)22-15-19(11-13-29-22)36-20-7-9-24(28)30-16-20/h4-5,7,9,11,13-16,21,35H,6,8H2,1-3H3,(H,31,33). The number of hydrogen-bond acceptors (Lipinski definition) is 6. The number of likely N-dealkylation sites (N-methyl/N-ethyl adjacent to an activating group) is 1. The number of ether oxygens (including phenoxy) is 1. The number of carbonyl (C=O) groups is 2. The van der Waals surface area contributed by atoms with E-state index in [9.17, 15) is 19.1 Å². The Morgan fingerprint density at radius 1 is 1.19 bits per heavy atom. The summed E-state index contributed by atoms with van der Waals surface area (Å²) in [6.45, 7) is 3.20. The number of rotatable bonds is 4. The van der Waals surface area contributed by atoms with Crippen LogP contribution in [0.2, 0.25) is 0 Å². The fourth-order valence-electron chi connectivity index (χ4n) is 3.69. The SMILES string of the molecule is CN1C(=O)C(NC(=O)c2cc(Oc3ccc(F)nc3)ccn2)CCc2ccc(C#CC(C)(C)O)cc21. The number of aromatic nitrogens is 2. The number of nitrogens with one attached hydrogen (secondary N) is 1. The number of aryl methyl sites for hydroxylation is 1. The van der Waals surface area contributed by atoms with Gasteiger partial charge < -0.3 is 20.1 Å². The Morgan fingerprint density at radius 3 is 2.72 bits per heavy atom. The lowest BCUT2D eigenvalue weighted by Gasteiger charge is -2.22. The van der Waals surface area contributed by atoms with Gasteiger partial charge in [-0.2, -0.15) is 4.39 Å². The number of halogens is 1. The number of hydrogen-bond donors (Lipinski definition) is 2. The van der Waals surface area contributed by atoms with Gasteiger partial charge in [-0.1, -0.05) is 17.9 Å². The molecule has 0 radical (unpaired) electrons. The maximum Gasteiger partial charge on any atom is 0.270 e. The quantitative estimate of drug-likeness (QED) is 0.432. The minimum Gasteiger partial charge on any atom is -0.456 e. The molecule has 0 bridgehead atoms. The number of carbonyl (C=O) groups excluding carboxylic acids is 2. The average molecular weight is 489 g/mol. The molecule has 1 atom stereocenters. The van der Waals surface area contributed by atoms with Crippen LogP contribution in [0.3, 0.4) is 0 Å². The van der Waals surface area contributed by atoms with Crippen molar-refractivity contribution in [2.24, 2.45) is 0 Å². The van der Waals surface area contributed by atoms with Gasteiger partial charge in [0.15, 0.2) is 0 Å². The van der Waals surface area contributed by atoms with E-state index in [0.29, 0.717) is 35.6 Å². The second kappa shape index (κ2) is 10.1. The van der Waals surface area contributed by atoms with E-state index < -0.39 is 23.5 Å². The summed E-state index contributed by atoms with van der Waals surface area (Å²) in [5.41, 5.74) is 1.29. The topological polar surface area (TPSA) is 105 Å². The van der Waals surface area contributed by atoms with Crippen molar-refractivity contribution in [2.75, 3.05) is 11.9 Å². The molecule has 9 heteroatoms. The third-order valence-corrected chi connectivity index (χ3v) is 5.50. The highest BCUT2D eigenvalue weighted by atomic mass is 19.1. The first-order valence-electron chi connectivity index (χ1n) is 11.3. The Bertz CT molecular complexity index is 1360. The molecule has 0 saturated carbocycles. The zero-order valence-corrected chi connectivity index (χ0v) is 20.1. The molecule has 1 aliphatic rings. The Morgan fingerprint density at radius 2 is 2.00 bits per heavy atom. The van der Waals surface area contributed by atoms with Gasteiger partial charge in [0.05, 0.1) is 6.20 Å². The van der Waals surface area contributed by atoms with E-state index in [0.717, 1.165) is 5.56 Å². The monoisotopic (exact) mass is 488 g/mol. The van der Waals surface area contributed by atoms with Crippen LogP contribution >= 0.6 is 0 Å². The molecule has 1 unspecified atom stereocenters. The average Bonchev–Trinajstić information content (AvgIpc) is 2.96. The predicted molar refractivity (Wildman–Crippen MR) is 131 cm³/mol. The van der Waals surface area contributed by atoms with E-state index in [-0.39, 0.29) is 11.6 Å². The van der Waals surface area contributed by atoms with Gasteiger partial charge in [-0.15, -0.1) is 0 Å². The van der Waals surface area contributed by atoms with Gasteiger partial charge in [-0.05, 0) is 62.6 Å². The predicted octanol–water partition coefficient (Wildman–Crippen LogP) is 3.24. The summed E-state index contributed by atoms with van der Waals surface area (Å²) in [7, 11) is 1.66. The first kappa shape index (κ1) is 24.8. The van der Waals surface area contributed by atoms with E-state index in [1.54, 1.807) is 27.0 Å². The maximum atomic E-state index is 13.2. The first-order chi connectivity index (χ1) is 17.1. The van der Waals surface area contributed by atoms with Gasteiger partial charge in [-0.25, -0.2) is 4.98 Å². The van der Waals surface area contributed by atoms with Gasteiger partial charge in [0, 0.05) is 30.6 Å². The summed E-state index contributed by atoms with van der Waals surface area (Å²) >= 11 is 0. The van der Waals surface area contributed by atoms with Crippen LogP contribution in [0.15, 0.2) is 54.9 Å². The molecule has 1 aliphatic heterocycles. The van der Waals surface area contributed by atoms with Crippen molar-refractivity contribution in [3.8, 4) is 23.3 Å². The lowest BCUT2D eigenvalue weighted by Crippen LogP contribution is -2.46. The van der Waals surface area contributed by atoms with E-state index in [4.69, 9.17) is 4.74 Å². The Kier molecular flexibility index (Phi) is 6.99. The second-order valence-corrected chi connectivity index (χ2v) is 8.91. The Labute approximate surface area is 208 Å². The number of pyridine rings is 2. The normalized spacial score (nSPS) is 15.3. The smallest absolute Gasteiger partial charge is 0.270 e. The molecule has 3 aromatic rings. The third-order valence-electron chi connectivity index (χ3n) is 5.50. The number of anilines is 1. The summed E-state index contributed by atoms with van der Waals surface area (Å²) in [5.74, 6) is 4.91. The maximum absolute atomic E-state index is 13.2. The molecule has 3 heterocycles. The minimum atomic E-state index is -1.13. The van der Waals surface area contributed by atoms with Gasteiger partial charge in [0.1, 0.15) is 28.8 Å². The first-order valence-corrected chi connectivity index (χ1v) is 11.3. The fraction of sp³-hybridized carbons (Fsp3) is 0.259. The van der Waals surface area contributed by atoms with E-state index in [1.807, 2.05) is 18.2 Å². The van der Waals surface area contributed by atoms with Crippen LogP contribution in [0.4, 0.5) is 10.1 Å². The molecule has 36 heavy (non-hydrogen) atoms. The highest BCUT2D eigenvalue weighted by Gasteiger charge is 2.30. The van der Waals surface area contributed by atoms with Crippen LogP contribution in [0.5, 0.6) is 11.5 Å². The lowest BCUT2D eigenvalue weighted by molar-refractivity contribution is -0.120. The van der Waals surface area contributed by atoms with Crippen LogP contribution in [-0.2, 0) is 11.2 Å². The molecule has 1 aromatic carbocycles. The van der Waals surface area contributed by atoms with Crippen molar-refractivity contribution in [1.82, 2.24) is 15.3 Å². The highest BCUT2D eigenvalue weighted by molar-refractivity contribution is 6.02. The van der Waals surface area contributed by atoms with Gasteiger partial charge in [0.2, 0.25) is 11.9 Å². The third kappa shape index (κ3) is 6.03. The van der Waals surface area contributed by atoms with Crippen molar-refractivity contribution in [3.05, 3.63) is 77.6 Å². The summed E-state index contributed by atoms with van der Waals surface area (Å²) in [6, 6.07) is 10.4. The number of nitrogens with zero attached hydrogens (tertiary/aromatic N) is 3. The number of amides is 2. The molecule has 2 aromatic heterocycles. The number of fused-ring (bicyclic) bond motifs is 1. The van der Waals surface area contributed by atoms with Crippen molar-refractivity contribution in [3.63, 3.8) is 0 Å². The molecule has 0 saturated heterocycles. The van der Waals surface area contributed by atoms with Crippen LogP contribution in [-0.4, -0.2) is 45.6 Å². The molecule has 184 valence electrons. The molecule has 0 fully saturated rings. The second-order valence-electron chi connectivity index (χ2n) is 8.91. The van der Waals surface area contributed by atoms with Crippen molar-refractivity contribution >= 4 is 17.5 Å². The zero-order valence-electron chi connectivity index (χ0n) is 20.1. The summed E-state index contributed by atoms with van der Waals surface area (Å²) in [5, 5.41) is 12.6. The van der Waals surface area contributed by atoms with Crippen LogP contribution in [0.1, 0.15) is 41.9 Å². The largest absolute Gasteiger partial charge is 0.456 e. The minimum absolute atomic E-state index is 0.0731. The molecular formula is C27H25FN4O4. The Hall–Kier alpha value is -4.29. The van der Waals surface area contributed by atoms with Crippen LogP contribution in [0, 0.1) is 17.8 Å². The number of aliphatic hydroxyl groups is 1. The van der Waals surface area contributed by atoms with Crippen molar-refractivity contribution < 1.29 is 23.8 Å². The summed E-state index contributed by atoms with van der Waals surface area (Å²) < 4.78 is 18.6. The van der Waals surface area contributed by atoms with Crippen LogP contribution in [0.25, 0.3) is 0 Å². The highest BCUT2D eigenvalue weighted by Crippen LogP contribution is 2.28. The summed E-state index contributed by atoms with van der Waals surface area (Å²) in [6.07, 6.45) is 3.63. The number of benzene rings is 1. The molecule has 8 nitrogen and oxygen atoms in total. The molecule has 0 spiro atoms. The van der Waals surface area contributed by atoms with Gasteiger partial charge >= 0.3 is 0 Å². The van der Waals surface area contributed by atoms with Gasteiger partial charge in [0.25, 0.3) is 5.91 Å². The van der Waals surface area contributed by atoms with E-state index >= 15 is 0 Å². The molecule has 2 amide bonds. The Balaban J connectivity index is 1.48. The van der Waals surface area contributed by atoms with Crippen molar-refractivity contribution in [1.29, 1.82) is 0 Å². The molecule has 2 N–H and O–H groups in total. The molecule has 0 aliphatic carbocycles. The molecule has 4 rings (SSSR count). The zero-order chi connectivity index (χ0) is 25.9. The van der Waals surface area contributed by atoms with E-state index in [2.05, 4.69) is 27.1 Å². The van der Waals surface area contributed by atoms with Crippen LogP contribution < -0.4 is 15.0 Å². The van der Waals surface area contributed by atoms with Gasteiger partial charge in [-0.3, -0.25) is 14.6 Å².